The van der Waals surface area contributed by atoms with Crippen LogP contribution >= 0.6 is 24.0 Å². The lowest BCUT2D eigenvalue weighted by atomic mass is 10.4. The predicted molar refractivity (Wildman–Crippen MR) is 60.3 cm³/mol. The maximum atomic E-state index is 5.62. The summed E-state index contributed by atoms with van der Waals surface area (Å²) in [4.78, 5) is 2.25. The first-order valence-corrected chi connectivity index (χ1v) is 5.07. The number of anilines is 1. The molecule has 78 valence electrons. The van der Waals surface area contributed by atoms with Gasteiger partial charge >= 0.3 is 0 Å². The standard InChI is InChI=1S/C9H12ClN3.ClH/c10-7-8-3-4-9(12-11-8)13-5-1-2-6-13;/h3-4H,1-2,5-7H2;1H. The van der Waals surface area contributed by atoms with E-state index in [9.17, 15) is 0 Å². The molecule has 0 aliphatic carbocycles. The fraction of sp³-hybridized carbons (Fsp3) is 0.556. The van der Waals surface area contributed by atoms with Gasteiger partial charge in [0.2, 0.25) is 0 Å². The summed E-state index contributed by atoms with van der Waals surface area (Å²) in [5.41, 5.74) is 0.838. The lowest BCUT2D eigenvalue weighted by Crippen LogP contribution is -2.19. The van der Waals surface area contributed by atoms with Gasteiger partial charge in [-0.25, -0.2) is 0 Å². The molecule has 1 aliphatic rings. The summed E-state index contributed by atoms with van der Waals surface area (Å²) >= 11 is 5.62. The maximum Gasteiger partial charge on any atom is 0.151 e. The van der Waals surface area contributed by atoms with Crippen LogP contribution in [0.1, 0.15) is 18.5 Å². The molecule has 0 atom stereocenters. The van der Waals surface area contributed by atoms with Crippen LogP contribution in [0.5, 0.6) is 0 Å². The predicted octanol–water partition coefficient (Wildman–Crippen LogP) is 2.24. The summed E-state index contributed by atoms with van der Waals surface area (Å²) in [5, 5.41) is 8.14. The second-order valence-electron chi connectivity index (χ2n) is 3.21. The molecule has 1 saturated heterocycles. The Labute approximate surface area is 94.9 Å². The molecule has 0 bridgehead atoms. The van der Waals surface area contributed by atoms with Crippen LogP contribution in [0.25, 0.3) is 0 Å². The van der Waals surface area contributed by atoms with Gasteiger partial charge in [-0.2, -0.15) is 5.10 Å². The van der Waals surface area contributed by atoms with E-state index in [4.69, 9.17) is 11.6 Å². The van der Waals surface area contributed by atoms with Crippen molar-refractivity contribution in [1.29, 1.82) is 0 Å². The van der Waals surface area contributed by atoms with Crippen LogP contribution in [0.3, 0.4) is 0 Å². The van der Waals surface area contributed by atoms with E-state index in [1.54, 1.807) is 0 Å². The van der Waals surface area contributed by atoms with Crippen LogP contribution in [0.4, 0.5) is 5.82 Å². The molecule has 1 fully saturated rings. The molecule has 1 aliphatic heterocycles. The number of hydrogen-bond acceptors (Lipinski definition) is 3. The highest BCUT2D eigenvalue weighted by molar-refractivity contribution is 6.16. The first-order chi connectivity index (χ1) is 6.40. The first kappa shape index (κ1) is 11.5. The topological polar surface area (TPSA) is 29.0 Å². The number of alkyl halides is 1. The molecule has 5 heteroatoms. The number of hydrogen-bond donors (Lipinski definition) is 0. The van der Waals surface area contributed by atoms with E-state index in [1.807, 2.05) is 12.1 Å². The Morgan fingerprint density at radius 2 is 1.93 bits per heavy atom. The molecule has 0 aromatic carbocycles. The molecule has 0 unspecified atom stereocenters. The van der Waals surface area contributed by atoms with Gasteiger partial charge in [0, 0.05) is 13.1 Å². The minimum Gasteiger partial charge on any atom is -0.355 e. The number of nitrogens with zero attached hydrogens (tertiary/aromatic N) is 3. The summed E-state index contributed by atoms with van der Waals surface area (Å²) in [6, 6.07) is 3.93. The molecule has 0 saturated carbocycles. The number of aromatic nitrogens is 2. The zero-order valence-electron chi connectivity index (χ0n) is 7.82. The van der Waals surface area contributed by atoms with Crippen molar-refractivity contribution in [1.82, 2.24) is 10.2 Å². The van der Waals surface area contributed by atoms with Gasteiger partial charge in [0.05, 0.1) is 11.6 Å². The second-order valence-corrected chi connectivity index (χ2v) is 3.48. The molecule has 1 aromatic heterocycles. The Kier molecular flexibility index (Phi) is 4.42. The minimum atomic E-state index is 0. The smallest absolute Gasteiger partial charge is 0.151 e. The zero-order valence-corrected chi connectivity index (χ0v) is 9.39. The van der Waals surface area contributed by atoms with Crippen LogP contribution in [-0.4, -0.2) is 23.3 Å². The third-order valence-corrected chi connectivity index (χ3v) is 2.55. The van der Waals surface area contributed by atoms with Gasteiger partial charge in [-0.3, -0.25) is 0 Å². The Balaban J connectivity index is 0.000000980. The van der Waals surface area contributed by atoms with Gasteiger partial charge in [0.25, 0.3) is 0 Å². The Morgan fingerprint density at radius 1 is 1.21 bits per heavy atom. The molecule has 0 N–H and O–H groups in total. The van der Waals surface area contributed by atoms with Crippen LogP contribution in [0.15, 0.2) is 12.1 Å². The molecule has 2 heterocycles. The van der Waals surface area contributed by atoms with E-state index in [-0.39, 0.29) is 12.4 Å². The van der Waals surface area contributed by atoms with Gasteiger partial charge in [-0.05, 0) is 25.0 Å². The van der Waals surface area contributed by atoms with Crippen LogP contribution in [0, 0.1) is 0 Å². The van der Waals surface area contributed by atoms with Crippen LogP contribution < -0.4 is 4.90 Å². The van der Waals surface area contributed by atoms with Crippen molar-refractivity contribution in [3.63, 3.8) is 0 Å². The van der Waals surface area contributed by atoms with E-state index in [0.29, 0.717) is 5.88 Å². The summed E-state index contributed by atoms with van der Waals surface area (Å²) in [5.74, 6) is 1.42. The van der Waals surface area contributed by atoms with E-state index in [2.05, 4.69) is 15.1 Å². The van der Waals surface area contributed by atoms with Gasteiger partial charge in [-0.1, -0.05) is 0 Å². The van der Waals surface area contributed by atoms with Crippen molar-refractivity contribution in [2.24, 2.45) is 0 Å². The molecule has 1 aromatic rings. The number of halogens is 2. The quantitative estimate of drug-likeness (QED) is 0.735. The van der Waals surface area contributed by atoms with Gasteiger partial charge < -0.3 is 4.90 Å². The molecule has 14 heavy (non-hydrogen) atoms. The molecule has 0 radical (unpaired) electrons. The Hall–Kier alpha value is -0.540. The normalized spacial score (nSPS) is 15.4. The van der Waals surface area contributed by atoms with Crippen molar-refractivity contribution in [3.8, 4) is 0 Å². The van der Waals surface area contributed by atoms with E-state index in [0.717, 1.165) is 24.6 Å². The highest BCUT2D eigenvalue weighted by atomic mass is 35.5. The van der Waals surface area contributed by atoms with Crippen LogP contribution in [0.2, 0.25) is 0 Å². The summed E-state index contributed by atoms with van der Waals surface area (Å²) < 4.78 is 0. The van der Waals surface area contributed by atoms with E-state index < -0.39 is 0 Å². The van der Waals surface area contributed by atoms with E-state index >= 15 is 0 Å². The van der Waals surface area contributed by atoms with Crippen LogP contribution in [-0.2, 0) is 5.88 Å². The lowest BCUT2D eigenvalue weighted by Gasteiger charge is -2.14. The van der Waals surface area contributed by atoms with Crippen molar-refractivity contribution in [2.45, 2.75) is 18.7 Å². The Morgan fingerprint density at radius 3 is 2.43 bits per heavy atom. The third kappa shape index (κ3) is 2.49. The monoisotopic (exact) mass is 233 g/mol. The third-order valence-electron chi connectivity index (χ3n) is 2.27. The zero-order chi connectivity index (χ0) is 9.10. The minimum absolute atomic E-state index is 0. The maximum absolute atomic E-state index is 5.62. The first-order valence-electron chi connectivity index (χ1n) is 4.53. The van der Waals surface area contributed by atoms with E-state index in [1.165, 1.54) is 12.8 Å². The Bertz CT molecular complexity index is 270. The SMILES string of the molecule is Cl.ClCc1ccc(N2CCCC2)nn1. The molecule has 0 amide bonds. The summed E-state index contributed by atoms with van der Waals surface area (Å²) in [7, 11) is 0. The van der Waals surface area contributed by atoms with Crippen molar-refractivity contribution >= 4 is 29.8 Å². The molecular weight excluding hydrogens is 221 g/mol. The fourth-order valence-corrected chi connectivity index (χ4v) is 1.68. The van der Waals surface area contributed by atoms with Crippen molar-refractivity contribution in [3.05, 3.63) is 17.8 Å². The average Bonchev–Trinajstić information content (AvgIpc) is 2.71. The summed E-state index contributed by atoms with van der Waals surface area (Å²) in [6.07, 6.45) is 2.53. The molecule has 0 spiro atoms. The van der Waals surface area contributed by atoms with Gasteiger partial charge in [0.1, 0.15) is 0 Å². The van der Waals surface area contributed by atoms with Crippen molar-refractivity contribution in [2.75, 3.05) is 18.0 Å². The molecular formula is C9H13Cl2N3. The summed E-state index contributed by atoms with van der Waals surface area (Å²) in [6.45, 7) is 2.21. The molecule has 2 rings (SSSR count). The van der Waals surface area contributed by atoms with Gasteiger partial charge in [0.15, 0.2) is 5.82 Å². The highest BCUT2D eigenvalue weighted by Crippen LogP contribution is 2.16. The largest absolute Gasteiger partial charge is 0.355 e. The van der Waals surface area contributed by atoms with Gasteiger partial charge in [-0.15, -0.1) is 29.1 Å². The second kappa shape index (κ2) is 5.37. The highest BCUT2D eigenvalue weighted by Gasteiger charge is 2.13. The average molecular weight is 234 g/mol. The fourth-order valence-electron chi connectivity index (χ4n) is 1.54. The van der Waals surface area contributed by atoms with Crippen molar-refractivity contribution < 1.29 is 0 Å². The molecule has 3 nitrogen and oxygen atoms in total. The lowest BCUT2D eigenvalue weighted by molar-refractivity contribution is 0.876. The number of rotatable bonds is 2.